The van der Waals surface area contributed by atoms with Gasteiger partial charge in [-0.1, -0.05) is 0 Å². The first kappa shape index (κ1) is 13.4. The lowest BCUT2D eigenvalue weighted by Gasteiger charge is -2.14. The second kappa shape index (κ2) is 8.93. The molecule has 1 amide bonds. The topological polar surface area (TPSA) is 64.8 Å². The monoisotopic (exact) mass is 204 g/mol. The molecule has 0 saturated carbocycles. The van der Waals surface area contributed by atoms with E-state index in [2.05, 4.69) is 0 Å². The Hall–Kier alpha value is -0.650. The first-order valence-electron chi connectivity index (χ1n) is 4.75. The molecule has 0 aromatic carbocycles. The van der Waals surface area contributed by atoms with Gasteiger partial charge < -0.3 is 20.1 Å². The lowest BCUT2D eigenvalue weighted by molar-refractivity contribution is -0.128. The molecule has 5 nitrogen and oxygen atoms in total. The van der Waals surface area contributed by atoms with E-state index in [0.717, 1.165) is 0 Å². The lowest BCUT2D eigenvalue weighted by atomic mass is 10.5. The highest BCUT2D eigenvalue weighted by Gasteiger charge is 2.00. The van der Waals surface area contributed by atoms with Crippen molar-refractivity contribution in [2.24, 2.45) is 5.73 Å². The third kappa shape index (κ3) is 7.97. The van der Waals surface area contributed by atoms with Crippen molar-refractivity contribution in [1.29, 1.82) is 0 Å². The molecular formula is C9H20N2O3. The van der Waals surface area contributed by atoms with Crippen LogP contribution in [0.1, 0.15) is 6.92 Å². The molecule has 2 N–H and O–H groups in total. The zero-order chi connectivity index (χ0) is 10.8. The highest BCUT2D eigenvalue weighted by Crippen LogP contribution is 1.84. The van der Waals surface area contributed by atoms with Gasteiger partial charge in [-0.25, -0.2) is 0 Å². The molecule has 0 unspecified atom stereocenters. The van der Waals surface area contributed by atoms with Crippen molar-refractivity contribution in [3.8, 4) is 0 Å². The maximum Gasteiger partial charge on any atom is 0.219 e. The molecule has 0 aliphatic rings. The number of hydrogen-bond donors (Lipinski definition) is 1. The molecule has 0 aliphatic heterocycles. The van der Waals surface area contributed by atoms with Crippen LogP contribution in [-0.4, -0.2) is 57.4 Å². The molecule has 0 bridgehead atoms. The summed E-state index contributed by atoms with van der Waals surface area (Å²) >= 11 is 0. The molecule has 0 radical (unpaired) electrons. The highest BCUT2D eigenvalue weighted by atomic mass is 16.5. The summed E-state index contributed by atoms with van der Waals surface area (Å²) in [4.78, 5) is 12.4. The summed E-state index contributed by atoms with van der Waals surface area (Å²) in [6, 6.07) is 0. The van der Waals surface area contributed by atoms with Crippen molar-refractivity contribution in [1.82, 2.24) is 4.90 Å². The summed E-state index contributed by atoms with van der Waals surface area (Å²) in [5, 5.41) is 0. The van der Waals surface area contributed by atoms with E-state index in [1.54, 1.807) is 11.9 Å². The van der Waals surface area contributed by atoms with Crippen molar-refractivity contribution in [3.05, 3.63) is 0 Å². The molecule has 14 heavy (non-hydrogen) atoms. The van der Waals surface area contributed by atoms with E-state index in [1.807, 2.05) is 0 Å². The average Bonchev–Trinajstić information content (AvgIpc) is 2.16. The van der Waals surface area contributed by atoms with E-state index in [1.165, 1.54) is 6.92 Å². The summed E-state index contributed by atoms with van der Waals surface area (Å²) in [6.07, 6.45) is 0. The third-order valence-electron chi connectivity index (χ3n) is 1.74. The maximum atomic E-state index is 10.8. The van der Waals surface area contributed by atoms with Gasteiger partial charge in [0.2, 0.25) is 5.91 Å². The van der Waals surface area contributed by atoms with Gasteiger partial charge in [-0.2, -0.15) is 0 Å². The Balaban J connectivity index is 3.09. The maximum absolute atomic E-state index is 10.8. The van der Waals surface area contributed by atoms with Gasteiger partial charge in [0.25, 0.3) is 0 Å². The lowest BCUT2D eigenvalue weighted by Crippen LogP contribution is -2.28. The van der Waals surface area contributed by atoms with Gasteiger partial charge in [-0.05, 0) is 0 Å². The number of nitrogens with two attached hydrogens (primary N) is 1. The quantitative estimate of drug-likeness (QED) is 0.539. The average molecular weight is 204 g/mol. The van der Waals surface area contributed by atoms with Gasteiger partial charge in [0.05, 0.1) is 26.4 Å². The third-order valence-corrected chi connectivity index (χ3v) is 1.74. The molecule has 0 aromatic heterocycles. The Labute approximate surface area is 85.1 Å². The van der Waals surface area contributed by atoms with Gasteiger partial charge in [-0.15, -0.1) is 0 Å². The predicted molar refractivity (Wildman–Crippen MR) is 54.0 cm³/mol. The van der Waals surface area contributed by atoms with Crippen molar-refractivity contribution in [2.75, 3.05) is 46.6 Å². The van der Waals surface area contributed by atoms with E-state index >= 15 is 0 Å². The van der Waals surface area contributed by atoms with E-state index < -0.39 is 0 Å². The molecule has 5 heteroatoms. The smallest absolute Gasteiger partial charge is 0.219 e. The molecule has 0 atom stereocenters. The fourth-order valence-electron chi connectivity index (χ4n) is 0.764. The fraction of sp³-hybridized carbons (Fsp3) is 0.889. The Morgan fingerprint density at radius 3 is 2.29 bits per heavy atom. The van der Waals surface area contributed by atoms with Crippen LogP contribution < -0.4 is 5.73 Å². The first-order valence-corrected chi connectivity index (χ1v) is 4.75. The second-order valence-electron chi connectivity index (χ2n) is 2.95. The zero-order valence-corrected chi connectivity index (χ0v) is 8.99. The number of likely N-dealkylation sites (N-methyl/N-ethyl adjacent to an activating group) is 1. The van der Waals surface area contributed by atoms with Crippen molar-refractivity contribution >= 4 is 5.91 Å². The Kier molecular flexibility index (Phi) is 8.51. The van der Waals surface area contributed by atoms with Crippen LogP contribution in [0, 0.1) is 0 Å². The second-order valence-corrected chi connectivity index (χ2v) is 2.95. The van der Waals surface area contributed by atoms with E-state index in [4.69, 9.17) is 15.2 Å². The summed E-state index contributed by atoms with van der Waals surface area (Å²) in [5.74, 6) is 0.0491. The summed E-state index contributed by atoms with van der Waals surface area (Å²) in [6.45, 7) is 4.90. The number of carbonyl (C=O) groups is 1. The van der Waals surface area contributed by atoms with E-state index in [9.17, 15) is 4.79 Å². The minimum absolute atomic E-state index is 0.0491. The van der Waals surface area contributed by atoms with Crippen LogP contribution in [0.2, 0.25) is 0 Å². The van der Waals surface area contributed by atoms with Crippen LogP contribution >= 0.6 is 0 Å². The molecule has 0 saturated heterocycles. The van der Waals surface area contributed by atoms with Gasteiger partial charge >= 0.3 is 0 Å². The largest absolute Gasteiger partial charge is 0.378 e. The zero-order valence-electron chi connectivity index (χ0n) is 8.99. The highest BCUT2D eigenvalue weighted by molar-refractivity contribution is 5.72. The van der Waals surface area contributed by atoms with Gasteiger partial charge in [-0.3, -0.25) is 4.79 Å². The predicted octanol–water partition coefficient (Wildman–Crippen LogP) is -0.543. The van der Waals surface area contributed by atoms with Gasteiger partial charge in [0.1, 0.15) is 0 Å². The van der Waals surface area contributed by atoms with Gasteiger partial charge in [0.15, 0.2) is 0 Å². The minimum atomic E-state index is 0.0491. The number of hydrogen-bond acceptors (Lipinski definition) is 4. The van der Waals surface area contributed by atoms with E-state index in [-0.39, 0.29) is 5.91 Å². The van der Waals surface area contributed by atoms with Crippen LogP contribution in [0.5, 0.6) is 0 Å². The van der Waals surface area contributed by atoms with Gasteiger partial charge in [0, 0.05) is 27.1 Å². The van der Waals surface area contributed by atoms with Crippen LogP contribution in [0.15, 0.2) is 0 Å². The molecule has 0 aliphatic carbocycles. The number of nitrogens with zero attached hydrogens (tertiary/aromatic N) is 1. The molecule has 0 rings (SSSR count). The Morgan fingerprint density at radius 1 is 1.21 bits per heavy atom. The summed E-state index contributed by atoms with van der Waals surface area (Å²) in [7, 11) is 1.75. The van der Waals surface area contributed by atoms with Crippen LogP contribution in [-0.2, 0) is 14.3 Å². The molecule has 84 valence electrons. The molecule has 0 fully saturated rings. The van der Waals surface area contributed by atoms with Crippen molar-refractivity contribution < 1.29 is 14.3 Å². The standard InChI is InChI=1S/C9H20N2O3/c1-9(12)11(2)4-6-14-8-7-13-5-3-10/h3-8,10H2,1-2H3. The molecule has 0 spiro atoms. The number of rotatable bonds is 8. The number of amides is 1. The summed E-state index contributed by atoms with van der Waals surface area (Å²) in [5.41, 5.74) is 5.23. The van der Waals surface area contributed by atoms with E-state index in [0.29, 0.717) is 39.5 Å². The molecular weight excluding hydrogens is 184 g/mol. The molecule has 0 aromatic rings. The van der Waals surface area contributed by atoms with Crippen LogP contribution in [0.3, 0.4) is 0 Å². The normalized spacial score (nSPS) is 10.2. The van der Waals surface area contributed by atoms with Crippen molar-refractivity contribution in [3.63, 3.8) is 0 Å². The first-order chi connectivity index (χ1) is 6.68. The molecule has 0 heterocycles. The number of ether oxygens (including phenoxy) is 2. The SMILES string of the molecule is CC(=O)N(C)CCOCCOCCN. The number of carbonyl (C=O) groups excluding carboxylic acids is 1. The van der Waals surface area contributed by atoms with Crippen LogP contribution in [0.25, 0.3) is 0 Å². The minimum Gasteiger partial charge on any atom is -0.378 e. The Bertz CT molecular complexity index is 153. The van der Waals surface area contributed by atoms with Crippen molar-refractivity contribution in [2.45, 2.75) is 6.92 Å². The Morgan fingerprint density at radius 2 is 1.79 bits per heavy atom. The van der Waals surface area contributed by atoms with Crippen LogP contribution in [0.4, 0.5) is 0 Å². The summed E-state index contributed by atoms with van der Waals surface area (Å²) < 4.78 is 10.3. The fourth-order valence-corrected chi connectivity index (χ4v) is 0.764.